The number of rotatable bonds is 6. The molecule has 0 aliphatic rings. The summed E-state index contributed by atoms with van der Waals surface area (Å²) in [7, 11) is 1.45. The number of hydrogen-bond acceptors (Lipinski definition) is 4. The molecule has 0 spiro atoms. The second kappa shape index (κ2) is 6.72. The molecule has 19 heavy (non-hydrogen) atoms. The molecule has 6 nitrogen and oxygen atoms in total. The van der Waals surface area contributed by atoms with E-state index in [9.17, 15) is 9.59 Å². The third-order valence-corrected chi connectivity index (χ3v) is 2.85. The van der Waals surface area contributed by atoms with E-state index in [-0.39, 0.29) is 18.4 Å². The molecule has 0 aromatic carbocycles. The Balaban J connectivity index is 2.72. The minimum absolute atomic E-state index is 0.0582. The molecule has 0 aliphatic heterocycles. The van der Waals surface area contributed by atoms with E-state index in [1.54, 1.807) is 13.8 Å². The minimum Gasteiger partial charge on any atom is -0.494 e. The van der Waals surface area contributed by atoms with Crippen molar-refractivity contribution in [1.29, 1.82) is 0 Å². The standard InChI is InChI=1S/C13H18N2O4/c1-8(2)10(13(17)18)6-15-12(16)9-4-5-14-7-11(9)19-3/h4-5,7-8,10H,6H2,1-3H3,(H,15,16)(H,17,18). The first-order valence-corrected chi connectivity index (χ1v) is 5.96. The molecule has 1 atom stereocenters. The predicted molar refractivity (Wildman–Crippen MR) is 69.1 cm³/mol. The molecule has 0 saturated carbocycles. The van der Waals surface area contributed by atoms with E-state index in [1.165, 1.54) is 25.6 Å². The molecule has 1 aromatic rings. The van der Waals surface area contributed by atoms with Crippen LogP contribution in [0, 0.1) is 11.8 Å². The maximum Gasteiger partial charge on any atom is 0.308 e. The van der Waals surface area contributed by atoms with Crippen LogP contribution in [0.1, 0.15) is 24.2 Å². The molecule has 0 saturated heterocycles. The molecule has 104 valence electrons. The van der Waals surface area contributed by atoms with Gasteiger partial charge in [0.15, 0.2) is 0 Å². The van der Waals surface area contributed by atoms with Crippen LogP contribution in [0.15, 0.2) is 18.5 Å². The van der Waals surface area contributed by atoms with Gasteiger partial charge in [0.05, 0.1) is 24.8 Å². The molecular weight excluding hydrogens is 248 g/mol. The van der Waals surface area contributed by atoms with Crippen LogP contribution in [0.25, 0.3) is 0 Å². The normalized spacial score (nSPS) is 12.0. The first kappa shape index (κ1) is 14.9. The summed E-state index contributed by atoms with van der Waals surface area (Å²) >= 11 is 0. The van der Waals surface area contributed by atoms with Crippen LogP contribution in [-0.4, -0.2) is 35.6 Å². The highest BCUT2D eigenvalue weighted by Gasteiger charge is 2.22. The van der Waals surface area contributed by atoms with Crippen molar-refractivity contribution >= 4 is 11.9 Å². The van der Waals surface area contributed by atoms with Crippen LogP contribution >= 0.6 is 0 Å². The van der Waals surface area contributed by atoms with Gasteiger partial charge in [0.2, 0.25) is 0 Å². The van der Waals surface area contributed by atoms with Crippen molar-refractivity contribution in [3.8, 4) is 5.75 Å². The molecule has 6 heteroatoms. The van der Waals surface area contributed by atoms with E-state index < -0.39 is 11.9 Å². The molecule has 1 unspecified atom stereocenters. The highest BCUT2D eigenvalue weighted by atomic mass is 16.5. The van der Waals surface area contributed by atoms with Crippen LogP contribution in [0.2, 0.25) is 0 Å². The van der Waals surface area contributed by atoms with Gasteiger partial charge in [-0.15, -0.1) is 0 Å². The summed E-state index contributed by atoms with van der Waals surface area (Å²) in [5.41, 5.74) is 0.338. The zero-order valence-electron chi connectivity index (χ0n) is 11.2. The van der Waals surface area contributed by atoms with Crippen molar-refractivity contribution in [2.24, 2.45) is 11.8 Å². The first-order valence-electron chi connectivity index (χ1n) is 5.96. The summed E-state index contributed by atoms with van der Waals surface area (Å²) < 4.78 is 5.03. The maximum atomic E-state index is 12.0. The summed E-state index contributed by atoms with van der Waals surface area (Å²) in [4.78, 5) is 26.8. The van der Waals surface area contributed by atoms with Gasteiger partial charge in [-0.05, 0) is 12.0 Å². The second-order valence-corrected chi connectivity index (χ2v) is 4.47. The molecule has 1 rings (SSSR count). The minimum atomic E-state index is -0.919. The summed E-state index contributed by atoms with van der Waals surface area (Å²) in [5.74, 6) is -1.60. The molecule has 0 fully saturated rings. The van der Waals surface area contributed by atoms with Gasteiger partial charge in [-0.1, -0.05) is 13.8 Å². The Labute approximate surface area is 111 Å². The Morgan fingerprint density at radius 3 is 2.68 bits per heavy atom. The zero-order chi connectivity index (χ0) is 14.4. The average Bonchev–Trinajstić information content (AvgIpc) is 2.37. The van der Waals surface area contributed by atoms with Crippen molar-refractivity contribution in [3.63, 3.8) is 0 Å². The van der Waals surface area contributed by atoms with Gasteiger partial charge in [-0.2, -0.15) is 0 Å². The van der Waals surface area contributed by atoms with Gasteiger partial charge in [0, 0.05) is 12.7 Å². The molecular formula is C13H18N2O4. The van der Waals surface area contributed by atoms with Crippen molar-refractivity contribution < 1.29 is 19.4 Å². The van der Waals surface area contributed by atoms with Gasteiger partial charge in [0.1, 0.15) is 5.75 Å². The van der Waals surface area contributed by atoms with Gasteiger partial charge in [-0.25, -0.2) is 0 Å². The van der Waals surface area contributed by atoms with E-state index in [1.807, 2.05) is 0 Å². The Hall–Kier alpha value is -2.11. The SMILES string of the molecule is COc1cnccc1C(=O)NCC(C(=O)O)C(C)C. The predicted octanol–water partition coefficient (Wildman–Crippen LogP) is 1.18. The van der Waals surface area contributed by atoms with Gasteiger partial charge < -0.3 is 15.2 Å². The van der Waals surface area contributed by atoms with Crippen molar-refractivity contribution in [3.05, 3.63) is 24.0 Å². The fourth-order valence-corrected chi connectivity index (χ4v) is 1.64. The maximum absolute atomic E-state index is 12.0. The highest BCUT2D eigenvalue weighted by molar-refractivity contribution is 5.96. The van der Waals surface area contributed by atoms with Crippen LogP contribution in [0.3, 0.4) is 0 Å². The Bertz CT molecular complexity index is 460. The molecule has 0 bridgehead atoms. The molecule has 1 amide bonds. The number of hydrogen-bond donors (Lipinski definition) is 2. The second-order valence-electron chi connectivity index (χ2n) is 4.47. The van der Waals surface area contributed by atoms with E-state index in [2.05, 4.69) is 10.3 Å². The third kappa shape index (κ3) is 3.94. The summed E-state index contributed by atoms with van der Waals surface area (Å²) in [6, 6.07) is 1.53. The first-order chi connectivity index (χ1) is 8.97. The number of carbonyl (C=O) groups is 2. The number of carboxylic acid groups (broad SMARTS) is 1. The van der Waals surface area contributed by atoms with Crippen molar-refractivity contribution in [1.82, 2.24) is 10.3 Å². The van der Waals surface area contributed by atoms with Crippen LogP contribution in [-0.2, 0) is 4.79 Å². The number of pyridine rings is 1. The molecule has 1 aromatic heterocycles. The Kier molecular flexibility index (Phi) is 5.29. The lowest BCUT2D eigenvalue weighted by atomic mass is 9.96. The number of carbonyl (C=O) groups excluding carboxylic acids is 1. The third-order valence-electron chi connectivity index (χ3n) is 2.85. The summed E-state index contributed by atoms with van der Waals surface area (Å²) in [6.45, 7) is 3.69. The monoisotopic (exact) mass is 266 g/mol. The number of nitrogens with zero attached hydrogens (tertiary/aromatic N) is 1. The lowest BCUT2D eigenvalue weighted by Gasteiger charge is -2.17. The number of aromatic nitrogens is 1. The quantitative estimate of drug-likeness (QED) is 0.807. The lowest BCUT2D eigenvalue weighted by Crippen LogP contribution is -2.35. The number of amides is 1. The topological polar surface area (TPSA) is 88.5 Å². The fraction of sp³-hybridized carbons (Fsp3) is 0.462. The molecule has 1 heterocycles. The summed E-state index contributed by atoms with van der Waals surface area (Å²) in [5, 5.41) is 11.7. The largest absolute Gasteiger partial charge is 0.494 e. The number of ether oxygens (including phenoxy) is 1. The number of aliphatic carboxylic acids is 1. The van der Waals surface area contributed by atoms with Crippen molar-refractivity contribution in [2.45, 2.75) is 13.8 Å². The molecule has 2 N–H and O–H groups in total. The Morgan fingerprint density at radius 2 is 2.16 bits per heavy atom. The van der Waals surface area contributed by atoms with E-state index >= 15 is 0 Å². The Morgan fingerprint density at radius 1 is 1.47 bits per heavy atom. The lowest BCUT2D eigenvalue weighted by molar-refractivity contribution is -0.142. The van der Waals surface area contributed by atoms with Gasteiger partial charge >= 0.3 is 5.97 Å². The van der Waals surface area contributed by atoms with Gasteiger partial charge in [-0.3, -0.25) is 14.6 Å². The average molecular weight is 266 g/mol. The number of methoxy groups -OCH3 is 1. The highest BCUT2D eigenvalue weighted by Crippen LogP contribution is 2.16. The van der Waals surface area contributed by atoms with Crippen LogP contribution in [0.5, 0.6) is 5.75 Å². The fourth-order valence-electron chi connectivity index (χ4n) is 1.64. The number of carboxylic acids is 1. The van der Waals surface area contributed by atoms with Crippen molar-refractivity contribution in [2.75, 3.05) is 13.7 Å². The number of nitrogens with one attached hydrogen (secondary N) is 1. The molecule has 0 radical (unpaired) electrons. The zero-order valence-corrected chi connectivity index (χ0v) is 11.2. The van der Waals surface area contributed by atoms with Gasteiger partial charge in [0.25, 0.3) is 5.91 Å². The summed E-state index contributed by atoms with van der Waals surface area (Å²) in [6.07, 6.45) is 2.92. The van der Waals surface area contributed by atoms with E-state index in [0.29, 0.717) is 11.3 Å². The van der Waals surface area contributed by atoms with E-state index in [0.717, 1.165) is 0 Å². The van der Waals surface area contributed by atoms with Crippen LogP contribution < -0.4 is 10.1 Å². The smallest absolute Gasteiger partial charge is 0.308 e. The van der Waals surface area contributed by atoms with E-state index in [4.69, 9.17) is 9.84 Å². The van der Waals surface area contributed by atoms with Crippen LogP contribution in [0.4, 0.5) is 0 Å². The molecule has 0 aliphatic carbocycles.